The first-order chi connectivity index (χ1) is 8.99. The molecule has 0 aromatic heterocycles. The highest BCUT2D eigenvalue weighted by Gasteiger charge is 2.27. The molecule has 104 valence electrons. The molecule has 2 unspecified atom stereocenters. The molecular weight excluding hydrogens is 259 g/mol. The van der Waals surface area contributed by atoms with Gasteiger partial charge >= 0.3 is 0 Å². The molecule has 1 amide bonds. The normalized spacial score (nSPS) is 23.2. The Morgan fingerprint density at radius 2 is 1.74 bits per heavy atom. The average Bonchev–Trinajstić information content (AvgIpc) is 2.30. The van der Waals surface area contributed by atoms with Crippen LogP contribution < -0.4 is 5.32 Å². The predicted octanol–water partition coefficient (Wildman–Crippen LogP) is 2.14. The highest BCUT2D eigenvalue weighted by atomic mass is 19.1. The second-order valence-electron chi connectivity index (χ2n) is 4.68. The minimum atomic E-state index is -1.25. The van der Waals surface area contributed by atoms with Crippen LogP contribution in [-0.4, -0.2) is 23.2 Å². The third-order valence-corrected chi connectivity index (χ3v) is 3.28. The second-order valence-corrected chi connectivity index (χ2v) is 4.68. The molecule has 1 aromatic rings. The number of hydrogen-bond donors (Lipinski definition) is 2. The largest absolute Gasteiger partial charge is 0.391 e. The Labute approximate surface area is 108 Å². The van der Waals surface area contributed by atoms with Crippen LogP contribution in [0.5, 0.6) is 0 Å². The summed E-state index contributed by atoms with van der Waals surface area (Å²) in [6.07, 6.45) is 2.06. The summed E-state index contributed by atoms with van der Waals surface area (Å²) in [5, 5.41) is 12.1. The molecule has 1 fully saturated rings. The van der Waals surface area contributed by atoms with Crippen LogP contribution in [0, 0.1) is 17.5 Å². The maximum atomic E-state index is 13.4. The number of halogens is 3. The highest BCUT2D eigenvalue weighted by Crippen LogP contribution is 2.20. The average molecular weight is 273 g/mol. The fourth-order valence-corrected chi connectivity index (χ4v) is 2.28. The molecule has 0 saturated heterocycles. The monoisotopic (exact) mass is 273 g/mol. The molecule has 3 nitrogen and oxygen atoms in total. The molecule has 1 saturated carbocycles. The third-order valence-electron chi connectivity index (χ3n) is 3.28. The maximum Gasteiger partial charge on any atom is 0.257 e. The van der Waals surface area contributed by atoms with Gasteiger partial charge in [0.1, 0.15) is 23.0 Å². The first kappa shape index (κ1) is 13.9. The number of carbonyl (C=O) groups excluding carboxylic acids is 1. The smallest absolute Gasteiger partial charge is 0.257 e. The van der Waals surface area contributed by atoms with E-state index in [0.29, 0.717) is 25.0 Å². The summed E-state index contributed by atoms with van der Waals surface area (Å²) in [5.74, 6) is -4.55. The van der Waals surface area contributed by atoms with Crippen LogP contribution in [0.3, 0.4) is 0 Å². The van der Waals surface area contributed by atoms with Crippen LogP contribution >= 0.6 is 0 Å². The molecule has 19 heavy (non-hydrogen) atoms. The third kappa shape index (κ3) is 3.07. The minimum absolute atomic E-state index is 0.454. The molecule has 1 aromatic carbocycles. The molecule has 6 heteroatoms. The first-order valence-corrected chi connectivity index (χ1v) is 6.12. The SMILES string of the molecule is O=C(NC1CCCCC1O)c1c(F)cc(F)cc1F. The maximum absolute atomic E-state index is 13.4. The van der Waals surface area contributed by atoms with Crippen molar-refractivity contribution >= 4 is 5.91 Å². The minimum Gasteiger partial charge on any atom is -0.391 e. The van der Waals surface area contributed by atoms with Gasteiger partial charge in [-0.25, -0.2) is 13.2 Å². The van der Waals surface area contributed by atoms with Crippen molar-refractivity contribution in [1.82, 2.24) is 5.32 Å². The summed E-state index contributed by atoms with van der Waals surface area (Å²) in [6, 6.07) is 0.384. The van der Waals surface area contributed by atoms with Crippen molar-refractivity contribution in [2.75, 3.05) is 0 Å². The van der Waals surface area contributed by atoms with Gasteiger partial charge in [-0.3, -0.25) is 4.79 Å². The number of nitrogens with one attached hydrogen (secondary N) is 1. The summed E-state index contributed by atoms with van der Waals surface area (Å²) in [6.45, 7) is 0. The number of aliphatic hydroxyl groups is 1. The Hall–Kier alpha value is -1.56. The lowest BCUT2D eigenvalue weighted by Gasteiger charge is -2.28. The van der Waals surface area contributed by atoms with E-state index in [1.807, 2.05) is 0 Å². The van der Waals surface area contributed by atoms with E-state index in [4.69, 9.17) is 0 Å². The lowest BCUT2D eigenvalue weighted by molar-refractivity contribution is 0.0711. The van der Waals surface area contributed by atoms with E-state index in [1.165, 1.54) is 0 Å². The standard InChI is InChI=1S/C13H14F3NO2/c14-7-5-8(15)12(9(16)6-7)13(19)17-10-3-1-2-4-11(10)18/h5-6,10-11,18H,1-4H2,(H,17,19). The van der Waals surface area contributed by atoms with E-state index < -0.39 is 41.1 Å². The van der Waals surface area contributed by atoms with Gasteiger partial charge in [0.2, 0.25) is 0 Å². The van der Waals surface area contributed by atoms with Gasteiger partial charge < -0.3 is 10.4 Å². The first-order valence-electron chi connectivity index (χ1n) is 6.12. The quantitative estimate of drug-likeness (QED) is 0.867. The zero-order chi connectivity index (χ0) is 14.0. The summed E-state index contributed by atoms with van der Waals surface area (Å²) in [4.78, 5) is 11.8. The number of aliphatic hydroxyl groups excluding tert-OH is 1. The number of rotatable bonds is 2. The van der Waals surface area contributed by atoms with Crippen LogP contribution in [0.4, 0.5) is 13.2 Å². The summed E-state index contributed by atoms with van der Waals surface area (Å²) < 4.78 is 39.6. The van der Waals surface area contributed by atoms with Crippen molar-refractivity contribution in [3.63, 3.8) is 0 Å². The summed E-state index contributed by atoms with van der Waals surface area (Å²) >= 11 is 0. The second kappa shape index (κ2) is 5.61. The Bertz CT molecular complexity index is 470. The molecule has 0 radical (unpaired) electrons. The molecular formula is C13H14F3NO2. The Balaban J connectivity index is 2.16. The van der Waals surface area contributed by atoms with Crippen LogP contribution in [0.1, 0.15) is 36.0 Å². The molecule has 0 aliphatic heterocycles. The van der Waals surface area contributed by atoms with Crippen LogP contribution in [-0.2, 0) is 0 Å². The summed E-state index contributed by atoms with van der Waals surface area (Å²) in [7, 11) is 0. The van der Waals surface area contributed by atoms with Crippen LogP contribution in [0.15, 0.2) is 12.1 Å². The zero-order valence-corrected chi connectivity index (χ0v) is 10.1. The van der Waals surface area contributed by atoms with Crippen molar-refractivity contribution in [3.05, 3.63) is 35.1 Å². The number of benzene rings is 1. The molecule has 2 atom stereocenters. The Morgan fingerprint density at radius 1 is 1.16 bits per heavy atom. The molecule has 1 aliphatic carbocycles. The fourth-order valence-electron chi connectivity index (χ4n) is 2.28. The van der Waals surface area contributed by atoms with Gasteiger partial charge in [0.25, 0.3) is 5.91 Å². The molecule has 0 spiro atoms. The molecule has 0 heterocycles. The van der Waals surface area contributed by atoms with Gasteiger partial charge in [-0.1, -0.05) is 12.8 Å². The van der Waals surface area contributed by atoms with Crippen molar-refractivity contribution in [2.24, 2.45) is 0 Å². The van der Waals surface area contributed by atoms with E-state index in [1.54, 1.807) is 0 Å². The van der Waals surface area contributed by atoms with Gasteiger partial charge in [-0.2, -0.15) is 0 Å². The van der Waals surface area contributed by atoms with E-state index >= 15 is 0 Å². The van der Waals surface area contributed by atoms with E-state index in [9.17, 15) is 23.1 Å². The number of amides is 1. The fraction of sp³-hybridized carbons (Fsp3) is 0.462. The van der Waals surface area contributed by atoms with Gasteiger partial charge in [0.05, 0.1) is 12.1 Å². The van der Waals surface area contributed by atoms with E-state index in [2.05, 4.69) is 5.32 Å². The molecule has 1 aliphatic rings. The highest BCUT2D eigenvalue weighted by molar-refractivity contribution is 5.95. The van der Waals surface area contributed by atoms with Gasteiger partial charge in [0.15, 0.2) is 0 Å². The lowest BCUT2D eigenvalue weighted by Crippen LogP contribution is -2.45. The van der Waals surface area contributed by atoms with Gasteiger partial charge in [-0.15, -0.1) is 0 Å². The van der Waals surface area contributed by atoms with Crippen molar-refractivity contribution in [2.45, 2.75) is 37.8 Å². The molecule has 2 rings (SSSR count). The van der Waals surface area contributed by atoms with Crippen molar-refractivity contribution < 1.29 is 23.1 Å². The van der Waals surface area contributed by atoms with Crippen LogP contribution in [0.2, 0.25) is 0 Å². The lowest BCUT2D eigenvalue weighted by atomic mass is 9.92. The molecule has 2 N–H and O–H groups in total. The Kier molecular flexibility index (Phi) is 4.09. The van der Waals surface area contributed by atoms with E-state index in [-0.39, 0.29) is 0 Å². The number of hydrogen-bond acceptors (Lipinski definition) is 2. The topological polar surface area (TPSA) is 49.3 Å². The predicted molar refractivity (Wildman–Crippen MR) is 62.0 cm³/mol. The van der Waals surface area contributed by atoms with Crippen molar-refractivity contribution in [1.29, 1.82) is 0 Å². The zero-order valence-electron chi connectivity index (χ0n) is 10.1. The van der Waals surface area contributed by atoms with E-state index in [0.717, 1.165) is 12.8 Å². The molecule has 0 bridgehead atoms. The summed E-state index contributed by atoms with van der Waals surface area (Å²) in [5.41, 5.74) is -0.820. The van der Waals surface area contributed by atoms with Crippen molar-refractivity contribution in [3.8, 4) is 0 Å². The van der Waals surface area contributed by atoms with Gasteiger partial charge in [-0.05, 0) is 12.8 Å². The van der Waals surface area contributed by atoms with Gasteiger partial charge in [0, 0.05) is 12.1 Å². The van der Waals surface area contributed by atoms with Crippen LogP contribution in [0.25, 0.3) is 0 Å². The Morgan fingerprint density at radius 3 is 2.32 bits per heavy atom. The number of carbonyl (C=O) groups is 1.